The Labute approximate surface area is 115 Å². The molecule has 1 saturated carbocycles. The number of hydrogen-bond acceptors (Lipinski definition) is 3. The summed E-state index contributed by atoms with van der Waals surface area (Å²) < 4.78 is 26.2. The maximum absolute atomic E-state index is 12.4. The topological polar surface area (TPSA) is 50.3 Å². The van der Waals surface area contributed by atoms with Crippen LogP contribution in [0.15, 0.2) is 24.5 Å². The largest absolute Gasteiger partial charge is 0.265 e. The van der Waals surface area contributed by atoms with Crippen molar-refractivity contribution in [1.29, 1.82) is 0 Å². The third-order valence-electron chi connectivity index (χ3n) is 4.09. The monoisotopic (exact) mass is 282 g/mol. The first-order chi connectivity index (χ1) is 8.90. The van der Waals surface area contributed by atoms with Crippen LogP contribution in [0.25, 0.3) is 0 Å². The van der Waals surface area contributed by atoms with E-state index in [-0.39, 0.29) is 11.8 Å². The smallest absolute Gasteiger partial charge is 0.214 e. The molecule has 5 heteroatoms. The Bertz CT molecular complexity index is 510. The van der Waals surface area contributed by atoms with Gasteiger partial charge in [0.25, 0.3) is 0 Å². The summed E-state index contributed by atoms with van der Waals surface area (Å²) in [5, 5.41) is 0. The molecule has 0 aliphatic heterocycles. The van der Waals surface area contributed by atoms with E-state index in [0.717, 1.165) is 18.4 Å². The van der Waals surface area contributed by atoms with Crippen molar-refractivity contribution in [3.05, 3.63) is 30.1 Å². The average molecular weight is 282 g/mol. The van der Waals surface area contributed by atoms with Gasteiger partial charge in [0, 0.05) is 25.5 Å². The Balaban J connectivity index is 2.03. The van der Waals surface area contributed by atoms with Crippen LogP contribution >= 0.6 is 0 Å². The number of pyridine rings is 1. The predicted octanol–water partition coefficient (Wildman–Crippen LogP) is 2.45. The molecule has 0 bridgehead atoms. The molecule has 1 aromatic heterocycles. The van der Waals surface area contributed by atoms with Crippen LogP contribution in [0.3, 0.4) is 0 Å². The van der Waals surface area contributed by atoms with Crippen molar-refractivity contribution in [3.63, 3.8) is 0 Å². The molecule has 19 heavy (non-hydrogen) atoms. The third kappa shape index (κ3) is 3.34. The summed E-state index contributed by atoms with van der Waals surface area (Å²) in [5.41, 5.74) is 0.975. The highest BCUT2D eigenvalue weighted by Crippen LogP contribution is 2.35. The van der Waals surface area contributed by atoms with Gasteiger partial charge < -0.3 is 0 Å². The van der Waals surface area contributed by atoms with Crippen molar-refractivity contribution in [2.75, 3.05) is 12.8 Å². The van der Waals surface area contributed by atoms with E-state index >= 15 is 0 Å². The zero-order valence-corrected chi connectivity index (χ0v) is 12.6. The molecule has 4 nitrogen and oxygen atoms in total. The first kappa shape index (κ1) is 14.5. The van der Waals surface area contributed by atoms with Crippen LogP contribution in [0.5, 0.6) is 0 Å². The summed E-state index contributed by atoms with van der Waals surface area (Å²) in [6, 6.07) is 3.58. The number of rotatable bonds is 5. The Morgan fingerprint density at radius 2 is 1.95 bits per heavy atom. The Hall–Kier alpha value is -0.940. The highest BCUT2D eigenvalue weighted by molar-refractivity contribution is 7.89. The predicted molar refractivity (Wildman–Crippen MR) is 76.1 cm³/mol. The van der Waals surface area contributed by atoms with Crippen LogP contribution in [0, 0.1) is 11.8 Å². The lowest BCUT2D eigenvalue weighted by Crippen LogP contribution is -2.37. The summed E-state index contributed by atoms with van der Waals surface area (Å²) in [6.45, 7) is 4.09. The molecular weight excluding hydrogens is 260 g/mol. The maximum atomic E-state index is 12.4. The number of nitrogens with zero attached hydrogens (tertiary/aromatic N) is 2. The summed E-state index contributed by atoms with van der Waals surface area (Å²) in [7, 11) is -1.51. The van der Waals surface area contributed by atoms with Crippen molar-refractivity contribution in [2.45, 2.75) is 32.7 Å². The number of hydrogen-bond donors (Lipinski definition) is 0. The molecule has 0 saturated heterocycles. The minimum Gasteiger partial charge on any atom is -0.265 e. The second-order valence-electron chi connectivity index (χ2n) is 5.69. The van der Waals surface area contributed by atoms with E-state index in [1.807, 2.05) is 19.1 Å². The van der Waals surface area contributed by atoms with Gasteiger partial charge in [-0.3, -0.25) is 4.98 Å². The molecular formula is C14H22N2O2S. The van der Waals surface area contributed by atoms with E-state index in [0.29, 0.717) is 11.8 Å². The van der Waals surface area contributed by atoms with Crippen LogP contribution in [0.4, 0.5) is 0 Å². The van der Waals surface area contributed by atoms with Gasteiger partial charge in [0.15, 0.2) is 0 Å². The minimum absolute atomic E-state index is 0.148. The lowest BCUT2D eigenvalue weighted by atomic mass is 9.77. The molecule has 0 radical (unpaired) electrons. The molecule has 1 aliphatic carbocycles. The second kappa shape index (κ2) is 5.59. The summed E-state index contributed by atoms with van der Waals surface area (Å²) in [5.74, 6) is 1.30. The quantitative estimate of drug-likeness (QED) is 0.833. The Morgan fingerprint density at radius 1 is 1.37 bits per heavy atom. The summed E-state index contributed by atoms with van der Waals surface area (Å²) >= 11 is 0. The highest BCUT2D eigenvalue weighted by atomic mass is 32.2. The van der Waals surface area contributed by atoms with Gasteiger partial charge in [-0.1, -0.05) is 6.92 Å². The van der Waals surface area contributed by atoms with E-state index in [1.165, 1.54) is 4.31 Å². The van der Waals surface area contributed by atoms with Crippen molar-refractivity contribution in [1.82, 2.24) is 9.29 Å². The van der Waals surface area contributed by atoms with Crippen LogP contribution in [0.2, 0.25) is 0 Å². The van der Waals surface area contributed by atoms with E-state index in [1.54, 1.807) is 19.4 Å². The van der Waals surface area contributed by atoms with Crippen molar-refractivity contribution < 1.29 is 8.42 Å². The Kier molecular flexibility index (Phi) is 4.26. The molecule has 1 aliphatic rings. The van der Waals surface area contributed by atoms with Gasteiger partial charge in [0.05, 0.1) is 5.75 Å². The number of sulfonamides is 1. The lowest BCUT2D eigenvalue weighted by Gasteiger charge is -2.34. The van der Waals surface area contributed by atoms with Gasteiger partial charge in [0.1, 0.15) is 0 Å². The van der Waals surface area contributed by atoms with Crippen molar-refractivity contribution >= 4 is 10.0 Å². The standard InChI is InChI=1S/C14H22N2O2S/c1-11-8-13(9-11)10-19(17,18)16(3)12(2)14-4-6-15-7-5-14/h4-7,11-13H,8-10H2,1-3H3/t11?,12-,13?/m0/s1. The fraction of sp³-hybridized carbons (Fsp3) is 0.643. The van der Waals surface area contributed by atoms with Crippen molar-refractivity contribution in [3.8, 4) is 0 Å². The van der Waals surface area contributed by atoms with Crippen LogP contribution in [-0.4, -0.2) is 30.5 Å². The molecule has 1 atom stereocenters. The minimum atomic E-state index is -3.18. The Morgan fingerprint density at radius 3 is 2.47 bits per heavy atom. The normalized spacial score (nSPS) is 25.1. The average Bonchev–Trinajstić information content (AvgIpc) is 2.36. The van der Waals surface area contributed by atoms with Crippen LogP contribution < -0.4 is 0 Å². The third-order valence-corrected chi connectivity index (χ3v) is 6.18. The first-order valence-corrected chi connectivity index (χ1v) is 8.36. The molecule has 1 heterocycles. The fourth-order valence-electron chi connectivity index (χ4n) is 2.71. The molecule has 0 unspecified atom stereocenters. The molecule has 0 spiro atoms. The van der Waals surface area contributed by atoms with Crippen LogP contribution in [0.1, 0.15) is 38.3 Å². The zero-order chi connectivity index (χ0) is 14.0. The van der Waals surface area contributed by atoms with Gasteiger partial charge in [-0.2, -0.15) is 4.31 Å². The molecule has 0 N–H and O–H groups in total. The van der Waals surface area contributed by atoms with Gasteiger partial charge in [0.2, 0.25) is 10.0 Å². The van der Waals surface area contributed by atoms with E-state index in [9.17, 15) is 8.42 Å². The van der Waals surface area contributed by atoms with Gasteiger partial charge >= 0.3 is 0 Å². The molecule has 0 aromatic carbocycles. The molecule has 1 aromatic rings. The van der Waals surface area contributed by atoms with E-state index < -0.39 is 10.0 Å². The summed E-state index contributed by atoms with van der Waals surface area (Å²) in [6.07, 6.45) is 5.47. The van der Waals surface area contributed by atoms with Crippen LogP contribution in [-0.2, 0) is 10.0 Å². The number of aromatic nitrogens is 1. The zero-order valence-electron chi connectivity index (χ0n) is 11.8. The second-order valence-corrected chi connectivity index (χ2v) is 7.77. The molecule has 106 valence electrons. The van der Waals surface area contributed by atoms with Gasteiger partial charge in [-0.15, -0.1) is 0 Å². The molecule has 2 rings (SSSR count). The van der Waals surface area contributed by atoms with E-state index in [4.69, 9.17) is 0 Å². The molecule has 0 amide bonds. The maximum Gasteiger partial charge on any atom is 0.214 e. The fourth-order valence-corrected chi connectivity index (χ4v) is 4.42. The SMILES string of the molecule is CC1CC(CS(=O)(=O)N(C)[C@@H](C)c2ccncc2)C1. The van der Waals surface area contributed by atoms with E-state index in [2.05, 4.69) is 11.9 Å². The lowest BCUT2D eigenvalue weighted by molar-refractivity contribution is 0.232. The van der Waals surface area contributed by atoms with Crippen molar-refractivity contribution in [2.24, 2.45) is 11.8 Å². The van der Waals surface area contributed by atoms with Gasteiger partial charge in [-0.25, -0.2) is 8.42 Å². The van der Waals surface area contributed by atoms with Gasteiger partial charge in [-0.05, 0) is 49.3 Å². The summed E-state index contributed by atoms with van der Waals surface area (Å²) in [4.78, 5) is 3.96. The molecule has 1 fully saturated rings. The highest BCUT2D eigenvalue weighted by Gasteiger charge is 2.33. The first-order valence-electron chi connectivity index (χ1n) is 6.76.